The molecule has 106 valence electrons. The third-order valence-electron chi connectivity index (χ3n) is 3.73. The van der Waals surface area contributed by atoms with Gasteiger partial charge in [0, 0.05) is 25.2 Å². The maximum absolute atomic E-state index is 6.26. The Labute approximate surface area is 118 Å². The van der Waals surface area contributed by atoms with Crippen molar-refractivity contribution < 1.29 is 4.74 Å². The van der Waals surface area contributed by atoms with Gasteiger partial charge in [-0.3, -0.25) is 4.90 Å². The van der Waals surface area contributed by atoms with Gasteiger partial charge < -0.3 is 10.5 Å². The van der Waals surface area contributed by atoms with E-state index in [9.17, 15) is 0 Å². The van der Waals surface area contributed by atoms with Crippen LogP contribution in [0.4, 0.5) is 5.82 Å². The molecule has 1 saturated heterocycles. The number of aromatic nitrogens is 2. The highest BCUT2D eigenvalue weighted by Crippen LogP contribution is 2.21. The molecule has 0 radical (unpaired) electrons. The number of ether oxygens (including phenoxy) is 1. The number of nitrogen functional groups attached to an aromatic ring is 1. The van der Waals surface area contributed by atoms with Gasteiger partial charge in [0.25, 0.3) is 0 Å². The molecule has 5 nitrogen and oxygen atoms in total. The average molecular weight is 272 g/mol. The molecule has 0 amide bonds. The summed E-state index contributed by atoms with van der Waals surface area (Å²) in [5.74, 6) is 0.728. The van der Waals surface area contributed by atoms with Gasteiger partial charge in [-0.25, -0.2) is 4.68 Å². The fourth-order valence-corrected chi connectivity index (χ4v) is 2.51. The van der Waals surface area contributed by atoms with Gasteiger partial charge >= 0.3 is 0 Å². The number of morpholine rings is 1. The molecule has 20 heavy (non-hydrogen) atoms. The molecule has 5 heteroatoms. The fraction of sp³-hybridized carbons (Fsp3) is 0.400. The minimum Gasteiger partial charge on any atom is -0.383 e. The second-order valence-electron chi connectivity index (χ2n) is 5.14. The zero-order chi connectivity index (χ0) is 13.9. The van der Waals surface area contributed by atoms with Crippen molar-refractivity contribution in [1.29, 1.82) is 0 Å². The monoisotopic (exact) mass is 272 g/mol. The molecule has 0 atom stereocenters. The zero-order valence-corrected chi connectivity index (χ0v) is 11.7. The number of nitrogens with zero attached hydrogens (tertiary/aromatic N) is 3. The van der Waals surface area contributed by atoms with E-state index in [1.807, 2.05) is 29.1 Å². The summed E-state index contributed by atoms with van der Waals surface area (Å²) in [4.78, 5) is 2.35. The Kier molecular flexibility index (Phi) is 3.71. The first-order valence-electron chi connectivity index (χ1n) is 6.94. The van der Waals surface area contributed by atoms with Crippen molar-refractivity contribution in [2.24, 2.45) is 0 Å². The van der Waals surface area contributed by atoms with Crippen molar-refractivity contribution in [2.75, 3.05) is 32.0 Å². The Morgan fingerprint density at radius 2 is 2.00 bits per heavy atom. The van der Waals surface area contributed by atoms with Gasteiger partial charge in [0.15, 0.2) is 0 Å². The van der Waals surface area contributed by atoms with E-state index in [4.69, 9.17) is 10.5 Å². The number of anilines is 1. The Hall–Kier alpha value is -1.85. The summed E-state index contributed by atoms with van der Waals surface area (Å²) in [6.45, 7) is 6.40. The number of para-hydroxylation sites is 1. The van der Waals surface area contributed by atoms with E-state index in [1.54, 1.807) is 0 Å². The lowest BCUT2D eigenvalue weighted by Gasteiger charge is -2.26. The van der Waals surface area contributed by atoms with Crippen LogP contribution in [-0.2, 0) is 11.3 Å². The summed E-state index contributed by atoms with van der Waals surface area (Å²) in [6.07, 6.45) is 1.87. The van der Waals surface area contributed by atoms with Gasteiger partial charge in [-0.05, 0) is 18.6 Å². The summed E-state index contributed by atoms with van der Waals surface area (Å²) >= 11 is 0. The summed E-state index contributed by atoms with van der Waals surface area (Å²) in [6, 6.07) is 8.13. The standard InChI is InChI=1S/C15H20N4O/c1-12-4-2-3-5-14(12)19-15(16)13(10-17-19)11-18-6-8-20-9-7-18/h2-5,10H,6-9,11,16H2,1H3. The van der Waals surface area contributed by atoms with Crippen LogP contribution in [-0.4, -0.2) is 41.0 Å². The summed E-state index contributed by atoms with van der Waals surface area (Å²) in [7, 11) is 0. The van der Waals surface area contributed by atoms with Crippen LogP contribution in [0.1, 0.15) is 11.1 Å². The van der Waals surface area contributed by atoms with E-state index < -0.39 is 0 Å². The Balaban J connectivity index is 1.83. The minimum atomic E-state index is 0.728. The zero-order valence-electron chi connectivity index (χ0n) is 11.7. The topological polar surface area (TPSA) is 56.3 Å². The molecule has 0 unspecified atom stereocenters. The van der Waals surface area contributed by atoms with Crippen molar-refractivity contribution in [3.05, 3.63) is 41.6 Å². The number of hydrogen-bond donors (Lipinski definition) is 1. The van der Waals surface area contributed by atoms with E-state index in [-0.39, 0.29) is 0 Å². The van der Waals surface area contributed by atoms with Crippen LogP contribution in [0.25, 0.3) is 5.69 Å². The van der Waals surface area contributed by atoms with Gasteiger partial charge in [0.1, 0.15) is 5.82 Å². The molecule has 1 fully saturated rings. The first-order chi connectivity index (χ1) is 9.75. The molecule has 0 bridgehead atoms. The third kappa shape index (κ3) is 2.55. The van der Waals surface area contributed by atoms with Crippen molar-refractivity contribution in [3.8, 4) is 5.69 Å². The predicted octanol–water partition coefficient (Wildman–Crippen LogP) is 1.60. The lowest BCUT2D eigenvalue weighted by atomic mass is 10.2. The molecule has 1 aromatic heterocycles. The Morgan fingerprint density at radius 1 is 1.25 bits per heavy atom. The van der Waals surface area contributed by atoms with E-state index >= 15 is 0 Å². The van der Waals surface area contributed by atoms with Crippen LogP contribution in [0.5, 0.6) is 0 Å². The molecule has 1 aliphatic rings. The molecular weight excluding hydrogens is 252 g/mol. The van der Waals surface area contributed by atoms with Gasteiger partial charge in [-0.1, -0.05) is 18.2 Å². The van der Waals surface area contributed by atoms with Crippen LogP contribution < -0.4 is 5.73 Å². The number of benzene rings is 1. The van der Waals surface area contributed by atoms with Gasteiger partial charge in [-0.15, -0.1) is 0 Å². The summed E-state index contributed by atoms with van der Waals surface area (Å²) in [5, 5.41) is 4.45. The molecule has 1 aliphatic heterocycles. The smallest absolute Gasteiger partial charge is 0.131 e. The second-order valence-corrected chi connectivity index (χ2v) is 5.14. The fourth-order valence-electron chi connectivity index (χ4n) is 2.51. The Bertz CT molecular complexity index is 587. The average Bonchev–Trinajstić information content (AvgIpc) is 2.82. The highest BCUT2D eigenvalue weighted by atomic mass is 16.5. The Morgan fingerprint density at radius 3 is 2.75 bits per heavy atom. The maximum Gasteiger partial charge on any atom is 0.131 e. The first kappa shape index (κ1) is 13.1. The van der Waals surface area contributed by atoms with Gasteiger partial charge in [0.05, 0.1) is 25.1 Å². The minimum absolute atomic E-state index is 0.728. The number of nitrogens with two attached hydrogens (primary N) is 1. The predicted molar refractivity (Wildman–Crippen MR) is 78.8 cm³/mol. The molecule has 0 spiro atoms. The molecule has 2 heterocycles. The summed E-state index contributed by atoms with van der Waals surface area (Å²) in [5.41, 5.74) is 9.55. The SMILES string of the molecule is Cc1ccccc1-n1ncc(CN2CCOCC2)c1N. The molecular formula is C15H20N4O. The van der Waals surface area contributed by atoms with E-state index in [0.29, 0.717) is 0 Å². The first-order valence-corrected chi connectivity index (χ1v) is 6.94. The van der Waals surface area contributed by atoms with E-state index in [0.717, 1.165) is 49.9 Å². The summed E-state index contributed by atoms with van der Waals surface area (Å²) < 4.78 is 7.19. The lowest BCUT2D eigenvalue weighted by molar-refractivity contribution is 0.0343. The number of rotatable bonds is 3. The number of aryl methyl sites for hydroxylation is 1. The van der Waals surface area contributed by atoms with Crippen molar-refractivity contribution in [3.63, 3.8) is 0 Å². The normalized spacial score (nSPS) is 16.4. The largest absolute Gasteiger partial charge is 0.383 e. The lowest BCUT2D eigenvalue weighted by Crippen LogP contribution is -2.35. The van der Waals surface area contributed by atoms with Crippen molar-refractivity contribution >= 4 is 5.82 Å². The van der Waals surface area contributed by atoms with Crippen LogP contribution in [0, 0.1) is 6.92 Å². The molecule has 3 rings (SSSR count). The van der Waals surface area contributed by atoms with Gasteiger partial charge in [0.2, 0.25) is 0 Å². The second kappa shape index (κ2) is 5.64. The molecule has 2 aromatic rings. The number of hydrogen-bond acceptors (Lipinski definition) is 4. The molecule has 1 aromatic carbocycles. The van der Waals surface area contributed by atoms with Crippen LogP contribution >= 0.6 is 0 Å². The molecule has 0 aliphatic carbocycles. The van der Waals surface area contributed by atoms with Crippen LogP contribution in [0.3, 0.4) is 0 Å². The highest BCUT2D eigenvalue weighted by Gasteiger charge is 2.15. The van der Waals surface area contributed by atoms with Crippen molar-refractivity contribution in [2.45, 2.75) is 13.5 Å². The van der Waals surface area contributed by atoms with Crippen LogP contribution in [0.2, 0.25) is 0 Å². The third-order valence-corrected chi connectivity index (χ3v) is 3.73. The van der Waals surface area contributed by atoms with Crippen molar-refractivity contribution in [1.82, 2.24) is 14.7 Å². The van der Waals surface area contributed by atoms with Crippen LogP contribution in [0.15, 0.2) is 30.5 Å². The molecule has 0 saturated carbocycles. The quantitative estimate of drug-likeness (QED) is 0.922. The van der Waals surface area contributed by atoms with E-state index in [1.165, 1.54) is 5.56 Å². The maximum atomic E-state index is 6.26. The van der Waals surface area contributed by atoms with E-state index in [2.05, 4.69) is 23.0 Å². The highest BCUT2D eigenvalue weighted by molar-refractivity contribution is 5.49. The molecule has 2 N–H and O–H groups in total. The van der Waals surface area contributed by atoms with Gasteiger partial charge in [-0.2, -0.15) is 5.10 Å².